The minimum Gasteiger partial charge on any atom is -0.497 e. The van der Waals surface area contributed by atoms with Gasteiger partial charge < -0.3 is 14.8 Å². The third-order valence-electron chi connectivity index (χ3n) is 4.69. The third kappa shape index (κ3) is 4.71. The normalized spacial score (nSPS) is 13.5. The number of rotatable bonds is 6. The fraction of sp³-hybridized carbons (Fsp3) is 0.250. The SMILES string of the molecule is COc1ccc(N2Cc3cnc(NCC(F)(F)F)nc3N(c3ncc(OC)cn3)C2=O)cc1. The van der Waals surface area contributed by atoms with E-state index in [1.54, 1.807) is 24.3 Å². The number of alkyl halides is 3. The van der Waals surface area contributed by atoms with Crippen molar-refractivity contribution in [3.8, 4) is 11.5 Å². The highest BCUT2D eigenvalue weighted by molar-refractivity contribution is 6.09. The average molecular weight is 461 g/mol. The topological polar surface area (TPSA) is 106 Å². The van der Waals surface area contributed by atoms with Crippen LogP contribution < -0.4 is 24.6 Å². The van der Waals surface area contributed by atoms with Gasteiger partial charge in [-0.15, -0.1) is 0 Å². The summed E-state index contributed by atoms with van der Waals surface area (Å²) in [5.41, 5.74) is 1.05. The molecule has 10 nitrogen and oxygen atoms in total. The molecule has 172 valence electrons. The van der Waals surface area contributed by atoms with Crippen LogP contribution in [0.1, 0.15) is 5.56 Å². The van der Waals surface area contributed by atoms with Gasteiger partial charge in [0.25, 0.3) is 0 Å². The van der Waals surface area contributed by atoms with Crippen molar-refractivity contribution in [1.29, 1.82) is 0 Å². The maximum atomic E-state index is 13.5. The number of nitrogens with one attached hydrogen (secondary N) is 1. The number of halogens is 3. The monoisotopic (exact) mass is 461 g/mol. The van der Waals surface area contributed by atoms with Crippen LogP contribution in [-0.2, 0) is 6.54 Å². The Morgan fingerprint density at radius 3 is 2.27 bits per heavy atom. The summed E-state index contributed by atoms with van der Waals surface area (Å²) >= 11 is 0. The van der Waals surface area contributed by atoms with Crippen LogP contribution in [0.4, 0.5) is 41.4 Å². The van der Waals surface area contributed by atoms with E-state index >= 15 is 0 Å². The first-order chi connectivity index (χ1) is 15.8. The van der Waals surface area contributed by atoms with Crippen molar-refractivity contribution in [2.75, 3.05) is 35.9 Å². The Morgan fingerprint density at radius 1 is 1.00 bits per heavy atom. The van der Waals surface area contributed by atoms with Crippen LogP contribution in [0, 0.1) is 0 Å². The van der Waals surface area contributed by atoms with Crippen LogP contribution in [0.2, 0.25) is 0 Å². The lowest BCUT2D eigenvalue weighted by Crippen LogP contribution is -2.46. The van der Waals surface area contributed by atoms with Crippen molar-refractivity contribution >= 4 is 29.4 Å². The highest BCUT2D eigenvalue weighted by Crippen LogP contribution is 2.35. The van der Waals surface area contributed by atoms with Crippen molar-refractivity contribution in [3.05, 3.63) is 48.4 Å². The van der Waals surface area contributed by atoms with Gasteiger partial charge in [0.2, 0.25) is 11.9 Å². The molecule has 0 unspecified atom stereocenters. The molecule has 2 amide bonds. The number of benzene rings is 1. The van der Waals surface area contributed by atoms with Crippen molar-refractivity contribution in [1.82, 2.24) is 19.9 Å². The minimum atomic E-state index is -4.46. The number of methoxy groups -OCH3 is 2. The fourth-order valence-electron chi connectivity index (χ4n) is 3.09. The number of hydrogen-bond acceptors (Lipinski definition) is 8. The van der Waals surface area contributed by atoms with Crippen LogP contribution >= 0.6 is 0 Å². The van der Waals surface area contributed by atoms with E-state index in [9.17, 15) is 18.0 Å². The molecule has 4 rings (SSSR count). The molecule has 1 aliphatic heterocycles. The standard InChI is InChI=1S/C20H18F3N7O3/c1-32-14-5-3-13(4-6-14)29-10-12-7-24-17(27-11-20(21,22)23)28-16(12)30(19(29)31)18-25-8-15(33-2)9-26-18/h3-9H,10-11H2,1-2H3,(H,24,27,28). The first-order valence-electron chi connectivity index (χ1n) is 9.57. The van der Waals surface area contributed by atoms with Gasteiger partial charge in [0.15, 0.2) is 11.6 Å². The Kier molecular flexibility index (Phi) is 5.85. The number of nitrogens with zero attached hydrogens (tertiary/aromatic N) is 6. The van der Waals surface area contributed by atoms with Gasteiger partial charge in [0.05, 0.1) is 33.2 Å². The molecule has 1 aromatic carbocycles. The molecule has 13 heteroatoms. The van der Waals surface area contributed by atoms with Gasteiger partial charge in [-0.2, -0.15) is 18.2 Å². The summed E-state index contributed by atoms with van der Waals surface area (Å²) in [5, 5.41) is 2.12. The molecular formula is C20H18F3N7O3. The second kappa shape index (κ2) is 8.76. The van der Waals surface area contributed by atoms with Crippen molar-refractivity contribution < 1.29 is 27.4 Å². The van der Waals surface area contributed by atoms with E-state index in [2.05, 4.69) is 25.3 Å². The van der Waals surface area contributed by atoms with E-state index in [-0.39, 0.29) is 24.3 Å². The molecule has 3 heterocycles. The first-order valence-corrected chi connectivity index (χ1v) is 9.57. The summed E-state index contributed by atoms with van der Waals surface area (Å²) in [5.74, 6) is 0.749. The number of carbonyl (C=O) groups excluding carboxylic acids is 1. The third-order valence-corrected chi connectivity index (χ3v) is 4.69. The molecule has 0 aliphatic carbocycles. The van der Waals surface area contributed by atoms with Crippen LogP contribution in [0.15, 0.2) is 42.9 Å². The quantitative estimate of drug-likeness (QED) is 0.594. The largest absolute Gasteiger partial charge is 0.497 e. The summed E-state index contributed by atoms with van der Waals surface area (Å²) in [4.78, 5) is 32.5. The Balaban J connectivity index is 1.75. The highest BCUT2D eigenvalue weighted by Gasteiger charge is 2.36. The predicted octanol–water partition coefficient (Wildman–Crippen LogP) is 3.54. The van der Waals surface area contributed by atoms with Gasteiger partial charge >= 0.3 is 12.2 Å². The number of hydrogen-bond donors (Lipinski definition) is 1. The molecule has 3 aromatic rings. The molecule has 1 aliphatic rings. The van der Waals surface area contributed by atoms with Crippen molar-refractivity contribution in [2.24, 2.45) is 0 Å². The Bertz CT molecular complexity index is 1140. The number of amides is 2. The van der Waals surface area contributed by atoms with Gasteiger partial charge in [-0.25, -0.2) is 24.6 Å². The van der Waals surface area contributed by atoms with Gasteiger partial charge in [-0.05, 0) is 24.3 Å². The fourth-order valence-corrected chi connectivity index (χ4v) is 3.09. The molecule has 2 aromatic heterocycles. The summed E-state index contributed by atoms with van der Waals surface area (Å²) in [6.45, 7) is -1.23. The van der Waals surface area contributed by atoms with Gasteiger partial charge in [0, 0.05) is 17.4 Å². The summed E-state index contributed by atoms with van der Waals surface area (Å²) < 4.78 is 48.1. The van der Waals surface area contributed by atoms with Crippen molar-refractivity contribution in [3.63, 3.8) is 0 Å². The maximum Gasteiger partial charge on any atom is 0.405 e. The summed E-state index contributed by atoms with van der Waals surface area (Å²) in [7, 11) is 2.97. The van der Waals surface area contributed by atoms with Crippen molar-refractivity contribution in [2.45, 2.75) is 12.7 Å². The second-order valence-corrected chi connectivity index (χ2v) is 6.84. The smallest absolute Gasteiger partial charge is 0.405 e. The number of urea groups is 1. The van der Waals surface area contributed by atoms with E-state index < -0.39 is 18.8 Å². The van der Waals surface area contributed by atoms with Crippen LogP contribution in [0.5, 0.6) is 11.5 Å². The minimum absolute atomic E-state index is 0.0271. The lowest BCUT2D eigenvalue weighted by molar-refractivity contribution is -0.115. The molecule has 0 saturated heterocycles. The number of anilines is 4. The molecule has 0 radical (unpaired) electrons. The number of aromatic nitrogens is 4. The molecule has 1 N–H and O–H groups in total. The number of ether oxygens (including phenoxy) is 2. The highest BCUT2D eigenvalue weighted by atomic mass is 19.4. The van der Waals surface area contributed by atoms with Gasteiger partial charge in [-0.1, -0.05) is 0 Å². The Morgan fingerprint density at radius 2 is 1.67 bits per heavy atom. The van der Waals surface area contributed by atoms with E-state index in [0.717, 1.165) is 4.90 Å². The lowest BCUT2D eigenvalue weighted by atomic mass is 10.2. The molecule has 0 bridgehead atoms. The summed E-state index contributed by atoms with van der Waals surface area (Å²) in [6, 6.07) is 6.27. The maximum absolute atomic E-state index is 13.5. The predicted molar refractivity (Wildman–Crippen MR) is 112 cm³/mol. The average Bonchev–Trinajstić information content (AvgIpc) is 2.82. The van der Waals surface area contributed by atoms with E-state index in [4.69, 9.17) is 9.47 Å². The summed E-state index contributed by atoms with van der Waals surface area (Å²) in [6.07, 6.45) is -0.364. The zero-order valence-electron chi connectivity index (χ0n) is 17.5. The zero-order valence-corrected chi connectivity index (χ0v) is 17.5. The first kappa shape index (κ1) is 22.0. The van der Waals surface area contributed by atoms with E-state index in [1.165, 1.54) is 37.7 Å². The second-order valence-electron chi connectivity index (χ2n) is 6.84. The molecule has 0 spiro atoms. The number of fused-ring (bicyclic) bond motifs is 1. The molecule has 0 fully saturated rings. The van der Waals surface area contributed by atoms with Gasteiger partial charge in [-0.3, -0.25) is 4.90 Å². The van der Waals surface area contributed by atoms with Gasteiger partial charge in [0.1, 0.15) is 12.3 Å². The Labute approximate surface area is 186 Å². The molecule has 0 atom stereocenters. The molecule has 33 heavy (non-hydrogen) atoms. The van der Waals surface area contributed by atoms with Crippen LogP contribution in [0.3, 0.4) is 0 Å². The zero-order chi connectivity index (χ0) is 23.6. The van der Waals surface area contributed by atoms with E-state index in [0.29, 0.717) is 22.7 Å². The number of carbonyl (C=O) groups is 1. The Hall–Kier alpha value is -4.16. The lowest BCUT2D eigenvalue weighted by Gasteiger charge is -2.34. The molecule has 0 saturated carbocycles. The van der Waals surface area contributed by atoms with Crippen LogP contribution in [0.25, 0.3) is 0 Å². The van der Waals surface area contributed by atoms with E-state index in [1.807, 2.05) is 0 Å². The van der Waals surface area contributed by atoms with Crippen LogP contribution in [-0.4, -0.2) is 52.9 Å². The molecular weight excluding hydrogens is 443 g/mol.